The van der Waals surface area contributed by atoms with E-state index in [1.54, 1.807) is 24.3 Å². The molecule has 4 heterocycles. The number of nitrogens with zero attached hydrogens (tertiary/aromatic N) is 1. The molecule has 0 amide bonds. The maximum atomic E-state index is 14.0. The number of ether oxygens (including phenoxy) is 5. The number of rotatable bonds is 3. The average molecular weight is 582 g/mol. The van der Waals surface area contributed by atoms with Gasteiger partial charge in [-0.05, 0) is 82.9 Å². The lowest BCUT2D eigenvalue weighted by Crippen LogP contribution is -2.53. The molecule has 10 heteroatoms. The lowest BCUT2D eigenvalue weighted by molar-refractivity contribution is -0.162. The van der Waals surface area contributed by atoms with E-state index in [2.05, 4.69) is 4.90 Å². The summed E-state index contributed by atoms with van der Waals surface area (Å²) in [6, 6.07) is 12.5. The number of carbonyl (C=O) groups is 1. The molecule has 4 atom stereocenters. The van der Waals surface area contributed by atoms with Crippen molar-refractivity contribution in [3.05, 3.63) is 59.4 Å². The van der Waals surface area contributed by atoms with E-state index in [-0.39, 0.29) is 13.2 Å². The maximum absolute atomic E-state index is 14.0. The Labute approximate surface area is 240 Å². The SMILES string of the molecule is CC1(C)O[C@H]2C(OC(=O)C(C)(C)C)=C3c4cc5c(cc4CCN4C[C@H](S(=O)(=O)c6ccccc6)C[C@]34[C@H]2O1)OCO5. The predicted octanol–water partition coefficient (Wildman–Crippen LogP) is 4.09. The summed E-state index contributed by atoms with van der Waals surface area (Å²) in [5, 5.41) is -0.693. The van der Waals surface area contributed by atoms with Crippen LogP contribution in [0.25, 0.3) is 5.57 Å². The van der Waals surface area contributed by atoms with E-state index in [4.69, 9.17) is 23.7 Å². The molecule has 2 aromatic carbocycles. The van der Waals surface area contributed by atoms with Crippen molar-refractivity contribution in [2.75, 3.05) is 19.9 Å². The van der Waals surface area contributed by atoms with Gasteiger partial charge in [0.2, 0.25) is 6.79 Å². The Morgan fingerprint density at radius 3 is 2.46 bits per heavy atom. The maximum Gasteiger partial charge on any atom is 0.316 e. The van der Waals surface area contributed by atoms with Crippen LogP contribution in [0.4, 0.5) is 0 Å². The first kappa shape index (κ1) is 26.9. The van der Waals surface area contributed by atoms with Crippen LogP contribution in [0, 0.1) is 5.41 Å². The van der Waals surface area contributed by atoms with Gasteiger partial charge in [-0.3, -0.25) is 9.69 Å². The Kier molecular flexibility index (Phi) is 5.78. The van der Waals surface area contributed by atoms with Crippen LogP contribution in [0.15, 0.2) is 53.1 Å². The van der Waals surface area contributed by atoms with Crippen molar-refractivity contribution in [1.29, 1.82) is 0 Å². The summed E-state index contributed by atoms with van der Waals surface area (Å²) in [6.07, 6.45) is -0.354. The van der Waals surface area contributed by atoms with Gasteiger partial charge in [0.05, 0.1) is 21.1 Å². The van der Waals surface area contributed by atoms with Crippen molar-refractivity contribution >= 4 is 21.4 Å². The van der Waals surface area contributed by atoms with Gasteiger partial charge in [0, 0.05) is 18.7 Å². The zero-order valence-corrected chi connectivity index (χ0v) is 24.7. The third-order valence-electron chi connectivity index (χ3n) is 8.88. The molecule has 218 valence electrons. The number of hydrogen-bond acceptors (Lipinski definition) is 9. The van der Waals surface area contributed by atoms with Crippen molar-refractivity contribution in [2.45, 2.75) is 81.1 Å². The van der Waals surface area contributed by atoms with E-state index in [1.807, 2.05) is 52.8 Å². The molecule has 0 radical (unpaired) electrons. The fraction of sp³-hybridized carbons (Fsp3) is 0.516. The van der Waals surface area contributed by atoms with Crippen LogP contribution in [-0.2, 0) is 35.3 Å². The summed E-state index contributed by atoms with van der Waals surface area (Å²) in [7, 11) is -3.67. The van der Waals surface area contributed by atoms with Crippen LogP contribution in [0.2, 0.25) is 0 Å². The Hall–Kier alpha value is -2.92. The number of fused-ring (bicyclic) bond motifs is 4. The number of sulfone groups is 1. The normalized spacial score (nSPS) is 29.9. The van der Waals surface area contributed by atoms with Crippen molar-refractivity contribution in [3.63, 3.8) is 0 Å². The molecule has 1 aliphatic carbocycles. The van der Waals surface area contributed by atoms with Gasteiger partial charge >= 0.3 is 5.97 Å². The van der Waals surface area contributed by atoms with Crippen LogP contribution < -0.4 is 9.47 Å². The van der Waals surface area contributed by atoms with Gasteiger partial charge in [-0.1, -0.05) is 18.2 Å². The quantitative estimate of drug-likeness (QED) is 0.496. The minimum Gasteiger partial charge on any atom is -0.454 e. The van der Waals surface area contributed by atoms with Crippen molar-refractivity contribution in [3.8, 4) is 11.5 Å². The average Bonchev–Trinajstić information content (AvgIpc) is 3.64. The first-order valence-electron chi connectivity index (χ1n) is 14.1. The van der Waals surface area contributed by atoms with Crippen LogP contribution in [-0.4, -0.2) is 68.0 Å². The molecule has 2 saturated heterocycles. The van der Waals surface area contributed by atoms with Gasteiger partial charge in [0.15, 0.2) is 27.1 Å². The molecule has 1 spiro atoms. The first-order valence-corrected chi connectivity index (χ1v) is 15.7. The Bertz CT molecular complexity index is 1570. The smallest absolute Gasteiger partial charge is 0.316 e. The number of esters is 1. The molecule has 2 fully saturated rings. The zero-order valence-electron chi connectivity index (χ0n) is 23.9. The Morgan fingerprint density at radius 2 is 1.76 bits per heavy atom. The number of hydrogen-bond donors (Lipinski definition) is 0. The molecule has 5 aliphatic rings. The van der Waals surface area contributed by atoms with Gasteiger partial charge in [-0.25, -0.2) is 8.42 Å². The molecule has 0 unspecified atom stereocenters. The summed E-state index contributed by atoms with van der Waals surface area (Å²) in [6.45, 7) is 10.1. The third-order valence-corrected chi connectivity index (χ3v) is 11.0. The highest BCUT2D eigenvalue weighted by atomic mass is 32.2. The van der Waals surface area contributed by atoms with Gasteiger partial charge in [-0.2, -0.15) is 0 Å². The van der Waals surface area contributed by atoms with E-state index in [0.717, 1.165) is 16.7 Å². The van der Waals surface area contributed by atoms with E-state index < -0.39 is 50.0 Å². The predicted molar refractivity (Wildman–Crippen MR) is 149 cm³/mol. The Balaban J connectivity index is 1.45. The first-order chi connectivity index (χ1) is 19.3. The highest BCUT2D eigenvalue weighted by Crippen LogP contribution is 2.60. The highest BCUT2D eigenvalue weighted by Gasteiger charge is 2.69. The second kappa shape index (κ2) is 8.80. The summed E-state index contributed by atoms with van der Waals surface area (Å²) in [4.78, 5) is 15.9. The third kappa shape index (κ3) is 3.98. The van der Waals surface area contributed by atoms with Crippen LogP contribution in [0.5, 0.6) is 11.5 Å². The zero-order chi connectivity index (χ0) is 28.9. The minimum absolute atomic E-state index is 0.128. The molecule has 4 aliphatic heterocycles. The van der Waals surface area contributed by atoms with Crippen molar-refractivity contribution in [2.24, 2.45) is 5.41 Å². The summed E-state index contributed by atoms with van der Waals surface area (Å²) in [5.41, 5.74) is 0.939. The summed E-state index contributed by atoms with van der Waals surface area (Å²) >= 11 is 0. The standard InChI is InChI=1S/C31H35NO8S/c1-29(2,3)28(33)38-25-24-21-14-23-22(36-17-37-23)13-18(21)11-12-32-16-20(41(34,35)19-9-7-6-8-10-19)15-31(24,32)27-26(25)39-30(4,5)40-27/h6-10,13-14,20,26-27H,11-12,15-17H2,1-5H3/t20-,26+,27+,31-/m1/s1. The molecule has 0 N–H and O–H groups in total. The molecular weight excluding hydrogens is 546 g/mol. The monoisotopic (exact) mass is 581 g/mol. The molecule has 41 heavy (non-hydrogen) atoms. The molecule has 2 aromatic rings. The molecular formula is C31H35NO8S. The fourth-order valence-electron chi connectivity index (χ4n) is 7.01. The lowest BCUT2D eigenvalue weighted by Gasteiger charge is -2.40. The summed E-state index contributed by atoms with van der Waals surface area (Å²) in [5.74, 6) is 0.317. The largest absolute Gasteiger partial charge is 0.454 e. The second-order valence-corrected chi connectivity index (χ2v) is 15.3. The molecule has 0 aromatic heterocycles. The highest BCUT2D eigenvalue weighted by molar-refractivity contribution is 7.92. The molecule has 0 saturated carbocycles. The van der Waals surface area contributed by atoms with Gasteiger partial charge in [0.25, 0.3) is 0 Å². The van der Waals surface area contributed by atoms with Gasteiger partial charge in [-0.15, -0.1) is 0 Å². The van der Waals surface area contributed by atoms with E-state index in [1.165, 1.54) is 0 Å². The van der Waals surface area contributed by atoms with E-state index in [9.17, 15) is 13.2 Å². The molecule has 9 nitrogen and oxygen atoms in total. The summed E-state index contributed by atoms with van der Waals surface area (Å²) < 4.78 is 58.9. The van der Waals surface area contributed by atoms with E-state index >= 15 is 0 Å². The lowest BCUT2D eigenvalue weighted by atomic mass is 9.81. The Morgan fingerprint density at radius 1 is 1.05 bits per heavy atom. The van der Waals surface area contributed by atoms with Crippen molar-refractivity contribution < 1.29 is 36.9 Å². The molecule has 0 bridgehead atoms. The van der Waals surface area contributed by atoms with E-state index in [0.29, 0.717) is 41.7 Å². The van der Waals surface area contributed by atoms with Crippen molar-refractivity contribution in [1.82, 2.24) is 4.90 Å². The minimum atomic E-state index is -3.67. The number of benzene rings is 2. The number of carbonyl (C=O) groups excluding carboxylic acids is 1. The topological polar surface area (TPSA) is 101 Å². The fourth-order valence-corrected chi connectivity index (χ4v) is 8.78. The van der Waals surface area contributed by atoms with Crippen LogP contribution in [0.3, 0.4) is 0 Å². The second-order valence-electron chi connectivity index (χ2n) is 13.0. The van der Waals surface area contributed by atoms with Crippen LogP contribution in [0.1, 0.15) is 52.2 Å². The van der Waals surface area contributed by atoms with Crippen LogP contribution >= 0.6 is 0 Å². The van der Waals surface area contributed by atoms with Gasteiger partial charge < -0.3 is 23.7 Å². The van der Waals surface area contributed by atoms with Gasteiger partial charge in [0.1, 0.15) is 18.0 Å². The molecule has 7 rings (SSSR count).